The van der Waals surface area contributed by atoms with Gasteiger partial charge in [0, 0.05) is 18.6 Å². The van der Waals surface area contributed by atoms with E-state index in [1.165, 1.54) is 5.54 Å². The van der Waals surface area contributed by atoms with Crippen LogP contribution >= 0.6 is 27.5 Å². The van der Waals surface area contributed by atoms with E-state index in [1.807, 2.05) is 13.8 Å². The van der Waals surface area contributed by atoms with Crippen LogP contribution in [0, 0.1) is 0 Å². The molecule has 0 spiro atoms. The molecule has 0 saturated heterocycles. The predicted molar refractivity (Wildman–Crippen MR) is 50.8 cm³/mol. The van der Waals surface area contributed by atoms with Crippen molar-refractivity contribution >= 4 is 33.4 Å². The molecule has 0 atom stereocenters. The Labute approximate surface area is 80.3 Å². The van der Waals surface area contributed by atoms with Gasteiger partial charge in [-0.15, -0.1) is 0 Å². The van der Waals surface area contributed by atoms with Crippen molar-refractivity contribution in [3.8, 4) is 0 Å². The molecule has 0 radical (unpaired) electrons. The summed E-state index contributed by atoms with van der Waals surface area (Å²) in [5, 5.41) is 0. The standard InChI is InChI=1S/C7H11BrClNO/c1-3-10(4-2)7(11)6(8)5-9/h5H,3-4H2,1-2H3. The van der Waals surface area contributed by atoms with Crippen LogP contribution in [-0.2, 0) is 4.79 Å². The highest BCUT2D eigenvalue weighted by molar-refractivity contribution is 9.12. The number of amides is 1. The van der Waals surface area contributed by atoms with Crippen molar-refractivity contribution in [2.45, 2.75) is 13.8 Å². The second-order valence-electron chi connectivity index (χ2n) is 1.93. The molecule has 0 heterocycles. The van der Waals surface area contributed by atoms with Crippen LogP contribution in [0.5, 0.6) is 0 Å². The topological polar surface area (TPSA) is 20.3 Å². The Hall–Kier alpha value is -0.0200. The lowest BCUT2D eigenvalue weighted by molar-refractivity contribution is -0.125. The molecule has 64 valence electrons. The molecule has 0 saturated carbocycles. The van der Waals surface area contributed by atoms with E-state index in [4.69, 9.17) is 11.6 Å². The smallest absolute Gasteiger partial charge is 0.261 e. The van der Waals surface area contributed by atoms with Gasteiger partial charge < -0.3 is 4.90 Å². The molecule has 0 aliphatic heterocycles. The molecular formula is C7H11BrClNO. The van der Waals surface area contributed by atoms with E-state index >= 15 is 0 Å². The van der Waals surface area contributed by atoms with E-state index < -0.39 is 0 Å². The summed E-state index contributed by atoms with van der Waals surface area (Å²) in [6.45, 7) is 5.26. The molecule has 0 aliphatic carbocycles. The van der Waals surface area contributed by atoms with Crippen molar-refractivity contribution in [3.63, 3.8) is 0 Å². The quantitative estimate of drug-likeness (QED) is 0.694. The minimum atomic E-state index is -0.0648. The first kappa shape index (κ1) is 11.0. The van der Waals surface area contributed by atoms with Gasteiger partial charge in [-0.1, -0.05) is 11.6 Å². The van der Waals surface area contributed by atoms with Gasteiger partial charge in [-0.3, -0.25) is 4.79 Å². The van der Waals surface area contributed by atoms with Crippen molar-refractivity contribution in [1.29, 1.82) is 0 Å². The van der Waals surface area contributed by atoms with Crippen molar-refractivity contribution in [2.75, 3.05) is 13.1 Å². The van der Waals surface area contributed by atoms with E-state index in [0.717, 1.165) is 0 Å². The molecule has 0 rings (SSSR count). The van der Waals surface area contributed by atoms with Gasteiger partial charge in [-0.2, -0.15) is 0 Å². The Kier molecular flexibility index (Phi) is 5.60. The summed E-state index contributed by atoms with van der Waals surface area (Å²) in [5.74, 6) is -0.0648. The average molecular weight is 241 g/mol. The molecule has 2 nitrogen and oxygen atoms in total. The first-order chi connectivity index (χ1) is 5.17. The Bertz CT molecular complexity index is 166. The normalized spacial score (nSPS) is 11.5. The maximum absolute atomic E-state index is 11.3. The summed E-state index contributed by atoms with van der Waals surface area (Å²) in [6.07, 6.45) is 0. The summed E-state index contributed by atoms with van der Waals surface area (Å²) < 4.78 is 0.405. The molecule has 0 unspecified atom stereocenters. The highest BCUT2D eigenvalue weighted by atomic mass is 79.9. The summed E-state index contributed by atoms with van der Waals surface area (Å²) >= 11 is 8.41. The van der Waals surface area contributed by atoms with Gasteiger partial charge in [0.25, 0.3) is 5.91 Å². The molecule has 11 heavy (non-hydrogen) atoms. The van der Waals surface area contributed by atoms with E-state index in [-0.39, 0.29) is 5.91 Å². The minimum absolute atomic E-state index is 0.0648. The second kappa shape index (κ2) is 5.61. The van der Waals surface area contributed by atoms with E-state index in [1.54, 1.807) is 4.90 Å². The zero-order chi connectivity index (χ0) is 8.85. The van der Waals surface area contributed by atoms with Crippen molar-refractivity contribution in [3.05, 3.63) is 10.0 Å². The van der Waals surface area contributed by atoms with E-state index in [2.05, 4.69) is 15.9 Å². The Morgan fingerprint density at radius 2 is 2.00 bits per heavy atom. The van der Waals surface area contributed by atoms with Gasteiger partial charge in [0.15, 0.2) is 0 Å². The SMILES string of the molecule is CCN(CC)C(=O)C(Br)=CCl. The number of hydrogen-bond donors (Lipinski definition) is 0. The third kappa shape index (κ3) is 3.25. The van der Waals surface area contributed by atoms with E-state index in [9.17, 15) is 4.79 Å². The second-order valence-corrected chi connectivity index (χ2v) is 3.01. The highest BCUT2D eigenvalue weighted by Gasteiger charge is 2.11. The first-order valence-corrected chi connectivity index (χ1v) is 4.65. The van der Waals surface area contributed by atoms with Crippen LogP contribution in [0.1, 0.15) is 13.8 Å². The van der Waals surface area contributed by atoms with Crippen molar-refractivity contribution in [2.24, 2.45) is 0 Å². The van der Waals surface area contributed by atoms with Crippen LogP contribution in [-0.4, -0.2) is 23.9 Å². The van der Waals surface area contributed by atoms with Gasteiger partial charge in [-0.05, 0) is 29.8 Å². The van der Waals surface area contributed by atoms with Crippen molar-refractivity contribution < 1.29 is 4.79 Å². The fourth-order valence-corrected chi connectivity index (χ4v) is 1.05. The largest absolute Gasteiger partial charge is 0.339 e. The summed E-state index contributed by atoms with van der Waals surface area (Å²) in [7, 11) is 0. The lowest BCUT2D eigenvalue weighted by Crippen LogP contribution is -2.30. The molecule has 0 bridgehead atoms. The van der Waals surface area contributed by atoms with Gasteiger partial charge in [0.2, 0.25) is 0 Å². The van der Waals surface area contributed by atoms with Crippen LogP contribution in [0.2, 0.25) is 0 Å². The summed E-state index contributed by atoms with van der Waals surface area (Å²) in [4.78, 5) is 12.9. The molecule has 0 N–H and O–H groups in total. The number of likely N-dealkylation sites (N-methyl/N-ethyl adjacent to an activating group) is 1. The summed E-state index contributed by atoms with van der Waals surface area (Å²) in [6, 6.07) is 0. The monoisotopic (exact) mass is 239 g/mol. The number of halogens is 2. The number of rotatable bonds is 3. The molecule has 0 aromatic heterocycles. The Balaban J connectivity index is 4.21. The fraction of sp³-hybridized carbons (Fsp3) is 0.571. The fourth-order valence-electron chi connectivity index (χ4n) is 0.709. The lowest BCUT2D eigenvalue weighted by atomic mass is 10.4. The minimum Gasteiger partial charge on any atom is -0.339 e. The molecule has 0 aliphatic rings. The van der Waals surface area contributed by atoms with Crippen molar-refractivity contribution in [1.82, 2.24) is 4.90 Å². The molecule has 0 aromatic rings. The third-order valence-corrected chi connectivity index (χ3v) is 2.40. The number of carbonyl (C=O) groups is 1. The number of hydrogen-bond acceptors (Lipinski definition) is 1. The maximum atomic E-state index is 11.3. The van der Waals surface area contributed by atoms with Crippen LogP contribution in [0.25, 0.3) is 0 Å². The van der Waals surface area contributed by atoms with Gasteiger partial charge in [0.05, 0.1) is 4.48 Å². The van der Waals surface area contributed by atoms with Crippen LogP contribution < -0.4 is 0 Å². The van der Waals surface area contributed by atoms with Crippen LogP contribution in [0.4, 0.5) is 0 Å². The average Bonchev–Trinajstić information content (AvgIpc) is 2.05. The highest BCUT2D eigenvalue weighted by Crippen LogP contribution is 2.10. The van der Waals surface area contributed by atoms with Gasteiger partial charge in [-0.25, -0.2) is 0 Å². The molecule has 4 heteroatoms. The zero-order valence-corrected chi connectivity index (χ0v) is 8.94. The maximum Gasteiger partial charge on any atom is 0.261 e. The van der Waals surface area contributed by atoms with Crippen LogP contribution in [0.3, 0.4) is 0 Å². The molecule has 1 amide bonds. The lowest BCUT2D eigenvalue weighted by Gasteiger charge is -2.17. The third-order valence-electron chi connectivity index (χ3n) is 1.35. The number of carbonyl (C=O) groups excluding carboxylic acids is 1. The predicted octanol–water partition coefficient (Wildman–Crippen LogP) is 2.33. The Morgan fingerprint density at radius 3 is 2.27 bits per heavy atom. The van der Waals surface area contributed by atoms with Gasteiger partial charge in [0.1, 0.15) is 0 Å². The first-order valence-electron chi connectivity index (χ1n) is 3.42. The zero-order valence-electron chi connectivity index (χ0n) is 6.60. The van der Waals surface area contributed by atoms with E-state index in [0.29, 0.717) is 17.6 Å². The molecule has 0 fully saturated rings. The number of nitrogens with zero attached hydrogens (tertiary/aromatic N) is 1. The summed E-state index contributed by atoms with van der Waals surface area (Å²) in [5.41, 5.74) is 1.24. The van der Waals surface area contributed by atoms with Crippen LogP contribution in [0.15, 0.2) is 10.0 Å². The Morgan fingerprint density at radius 1 is 1.55 bits per heavy atom. The van der Waals surface area contributed by atoms with Gasteiger partial charge >= 0.3 is 0 Å². The molecular weight excluding hydrogens is 229 g/mol. The molecule has 0 aromatic carbocycles.